The van der Waals surface area contributed by atoms with Crippen molar-refractivity contribution in [3.05, 3.63) is 13.8 Å². The Bertz CT molecular complexity index is 208. The van der Waals surface area contributed by atoms with Crippen molar-refractivity contribution in [3.63, 3.8) is 0 Å². The smallest absolute Gasteiger partial charge is 0.0388 e. The van der Waals surface area contributed by atoms with E-state index in [2.05, 4.69) is 27.7 Å². The Labute approximate surface area is 109 Å². The molecule has 0 N–H and O–H groups in total. The molecule has 0 heteroatoms. The summed E-state index contributed by atoms with van der Waals surface area (Å²) in [5.41, 5.74) is 0. The fraction of sp³-hybridized carbons (Fsp3) is 0.882. The summed E-state index contributed by atoms with van der Waals surface area (Å²) in [5.74, 6) is 5.16. The summed E-state index contributed by atoms with van der Waals surface area (Å²) in [6.45, 7) is 13.4. The van der Waals surface area contributed by atoms with Gasteiger partial charge in [0.1, 0.15) is 0 Å². The van der Waals surface area contributed by atoms with Gasteiger partial charge in [-0.1, -0.05) is 26.7 Å². The third-order valence-electron chi connectivity index (χ3n) is 5.58. The van der Waals surface area contributed by atoms with Crippen LogP contribution in [0.1, 0.15) is 58.8 Å². The van der Waals surface area contributed by atoms with Crippen molar-refractivity contribution in [2.75, 3.05) is 0 Å². The summed E-state index contributed by atoms with van der Waals surface area (Å²) >= 11 is 0. The van der Waals surface area contributed by atoms with Crippen molar-refractivity contribution in [3.8, 4) is 0 Å². The van der Waals surface area contributed by atoms with Gasteiger partial charge in [-0.05, 0) is 81.5 Å². The van der Waals surface area contributed by atoms with Gasteiger partial charge in [0.05, 0.1) is 0 Å². The van der Waals surface area contributed by atoms with Gasteiger partial charge in [-0.2, -0.15) is 0 Å². The van der Waals surface area contributed by atoms with Crippen LogP contribution in [0.3, 0.4) is 0 Å². The molecule has 6 atom stereocenters. The molecule has 0 bridgehead atoms. The maximum atomic E-state index is 4.27. The summed E-state index contributed by atoms with van der Waals surface area (Å²) in [7, 11) is 0. The number of hydrogen-bond donors (Lipinski definition) is 0. The molecule has 0 nitrogen and oxygen atoms in total. The summed E-state index contributed by atoms with van der Waals surface area (Å²) in [6.07, 6.45) is 9.99. The van der Waals surface area contributed by atoms with E-state index in [1.807, 2.05) is 0 Å². The van der Waals surface area contributed by atoms with E-state index in [-0.39, 0.29) is 0 Å². The lowest BCUT2D eigenvalue weighted by Gasteiger charge is -2.37. The van der Waals surface area contributed by atoms with Gasteiger partial charge in [-0.25, -0.2) is 0 Å². The van der Waals surface area contributed by atoms with E-state index in [1.165, 1.54) is 44.9 Å². The molecular formula is C17H30. The van der Waals surface area contributed by atoms with Crippen LogP contribution in [0.4, 0.5) is 0 Å². The van der Waals surface area contributed by atoms with Gasteiger partial charge in [0.15, 0.2) is 0 Å². The molecule has 0 aliphatic heterocycles. The minimum absolute atomic E-state index is 0.723. The van der Waals surface area contributed by atoms with E-state index in [1.54, 1.807) is 0 Å². The Balaban J connectivity index is 1.78. The molecule has 0 aromatic rings. The van der Waals surface area contributed by atoms with E-state index in [0.717, 1.165) is 35.5 Å². The standard InChI is InChI=1S/C17H30/c1-12-5-7-16(9-14(12)3)11-17-8-6-13(2)15(4)10-17/h12-17H,1-2,5-11H2,3-4H3. The molecule has 6 unspecified atom stereocenters. The van der Waals surface area contributed by atoms with Crippen LogP contribution >= 0.6 is 0 Å². The van der Waals surface area contributed by atoms with Crippen molar-refractivity contribution in [1.82, 2.24) is 0 Å². The topological polar surface area (TPSA) is 0 Å². The predicted octanol–water partition coefficient (Wildman–Crippen LogP) is 5.15. The third-order valence-corrected chi connectivity index (χ3v) is 5.58. The maximum absolute atomic E-state index is 4.27. The van der Waals surface area contributed by atoms with Gasteiger partial charge >= 0.3 is 0 Å². The molecule has 17 heavy (non-hydrogen) atoms. The normalized spacial score (nSPS) is 48.0. The molecule has 2 radical (unpaired) electrons. The van der Waals surface area contributed by atoms with E-state index in [0.29, 0.717) is 0 Å². The van der Waals surface area contributed by atoms with Crippen LogP contribution in [0.2, 0.25) is 0 Å². The first-order valence-electron chi connectivity index (χ1n) is 7.72. The second-order valence-corrected chi connectivity index (χ2v) is 7.07. The minimum Gasteiger partial charge on any atom is -0.0622 e. The summed E-state index contributed by atoms with van der Waals surface area (Å²) in [5, 5.41) is 0. The molecule has 0 aromatic carbocycles. The van der Waals surface area contributed by atoms with Gasteiger partial charge in [-0.3, -0.25) is 0 Å². The van der Waals surface area contributed by atoms with Gasteiger partial charge in [0, 0.05) is 0 Å². The monoisotopic (exact) mass is 234 g/mol. The summed E-state index contributed by atoms with van der Waals surface area (Å²) < 4.78 is 0. The zero-order chi connectivity index (χ0) is 12.4. The van der Waals surface area contributed by atoms with Crippen LogP contribution < -0.4 is 0 Å². The van der Waals surface area contributed by atoms with Crippen molar-refractivity contribution >= 4 is 0 Å². The molecule has 0 saturated heterocycles. The average Bonchev–Trinajstić information content (AvgIpc) is 2.29. The molecule has 2 rings (SSSR count). The Morgan fingerprint density at radius 1 is 0.765 bits per heavy atom. The molecule has 98 valence electrons. The molecule has 2 aliphatic carbocycles. The SMILES string of the molecule is [CH2]C1CCC(CC2CCC([CH2])C(C)C2)CC1C. The zero-order valence-electron chi connectivity index (χ0n) is 11.8. The highest BCUT2D eigenvalue weighted by molar-refractivity contribution is 4.84. The summed E-state index contributed by atoms with van der Waals surface area (Å²) in [4.78, 5) is 0. The van der Waals surface area contributed by atoms with E-state index >= 15 is 0 Å². The highest BCUT2D eigenvalue weighted by Gasteiger charge is 2.30. The molecular weight excluding hydrogens is 204 g/mol. The van der Waals surface area contributed by atoms with Gasteiger partial charge in [-0.15, -0.1) is 0 Å². The largest absolute Gasteiger partial charge is 0.0622 e. The second kappa shape index (κ2) is 5.76. The third kappa shape index (κ3) is 3.48. The van der Waals surface area contributed by atoms with Gasteiger partial charge in [0.25, 0.3) is 0 Å². The Morgan fingerprint density at radius 3 is 1.53 bits per heavy atom. The quantitative estimate of drug-likeness (QED) is 0.620. The Hall–Kier alpha value is 0. The molecule has 2 aliphatic rings. The minimum atomic E-state index is 0.723. The van der Waals surface area contributed by atoms with E-state index in [4.69, 9.17) is 0 Å². The van der Waals surface area contributed by atoms with Crippen molar-refractivity contribution < 1.29 is 0 Å². The molecule has 2 saturated carbocycles. The second-order valence-electron chi connectivity index (χ2n) is 7.07. The van der Waals surface area contributed by atoms with Crippen LogP contribution in [0.5, 0.6) is 0 Å². The lowest BCUT2D eigenvalue weighted by Crippen LogP contribution is -2.26. The van der Waals surface area contributed by atoms with Crippen LogP contribution in [-0.4, -0.2) is 0 Å². The molecule has 0 heterocycles. The van der Waals surface area contributed by atoms with E-state index < -0.39 is 0 Å². The van der Waals surface area contributed by atoms with Crippen LogP contribution in [-0.2, 0) is 0 Å². The highest BCUT2D eigenvalue weighted by atomic mass is 14.4. The predicted molar refractivity (Wildman–Crippen MR) is 75.3 cm³/mol. The summed E-state index contributed by atoms with van der Waals surface area (Å²) in [6, 6.07) is 0. The highest BCUT2D eigenvalue weighted by Crippen LogP contribution is 2.41. The first-order valence-corrected chi connectivity index (χ1v) is 7.72. The lowest BCUT2D eigenvalue weighted by molar-refractivity contribution is 0.152. The fourth-order valence-corrected chi connectivity index (χ4v) is 4.04. The van der Waals surface area contributed by atoms with Gasteiger partial charge < -0.3 is 0 Å². The van der Waals surface area contributed by atoms with Crippen LogP contribution in [0, 0.1) is 49.4 Å². The maximum Gasteiger partial charge on any atom is -0.0388 e. The first-order chi connectivity index (χ1) is 8.06. The molecule has 0 aromatic heterocycles. The molecule has 0 spiro atoms. The zero-order valence-corrected chi connectivity index (χ0v) is 11.8. The lowest BCUT2D eigenvalue weighted by atomic mass is 9.68. The Kier molecular flexibility index (Phi) is 4.55. The molecule has 2 fully saturated rings. The van der Waals surface area contributed by atoms with Crippen LogP contribution in [0.25, 0.3) is 0 Å². The van der Waals surface area contributed by atoms with Crippen LogP contribution in [0.15, 0.2) is 0 Å². The van der Waals surface area contributed by atoms with E-state index in [9.17, 15) is 0 Å². The number of rotatable bonds is 2. The van der Waals surface area contributed by atoms with Crippen molar-refractivity contribution in [2.45, 2.75) is 58.8 Å². The number of hydrogen-bond acceptors (Lipinski definition) is 0. The van der Waals surface area contributed by atoms with Crippen molar-refractivity contribution in [1.29, 1.82) is 0 Å². The average molecular weight is 234 g/mol. The van der Waals surface area contributed by atoms with Crippen molar-refractivity contribution in [2.24, 2.45) is 35.5 Å². The first kappa shape index (κ1) is 13.4. The fourth-order valence-electron chi connectivity index (χ4n) is 4.04. The molecule has 0 amide bonds. The Morgan fingerprint density at radius 2 is 1.18 bits per heavy atom. The van der Waals surface area contributed by atoms with Gasteiger partial charge in [0.2, 0.25) is 0 Å².